The molecule has 170 valence electrons. The summed E-state index contributed by atoms with van der Waals surface area (Å²) < 4.78 is 39.8. The molecule has 0 spiro atoms. The maximum Gasteiger partial charge on any atom is 0.314 e. The third-order valence-corrected chi connectivity index (χ3v) is 6.68. The first-order valence-electron chi connectivity index (χ1n) is 11.6. The van der Waals surface area contributed by atoms with E-state index in [0.717, 1.165) is 32.1 Å². The maximum absolute atomic E-state index is 14.6. The Morgan fingerprint density at radius 3 is 2.50 bits per heavy atom. The van der Waals surface area contributed by atoms with Crippen molar-refractivity contribution in [1.29, 1.82) is 0 Å². The number of carbonyl (C=O) groups is 1. The topological polar surface area (TPSA) is 35.5 Å². The molecule has 4 rings (SSSR count). The highest BCUT2D eigenvalue weighted by molar-refractivity contribution is 5.76. The van der Waals surface area contributed by atoms with Crippen molar-refractivity contribution in [3.05, 3.63) is 59.7 Å². The molecule has 3 atom stereocenters. The molecule has 0 aromatic heterocycles. The fourth-order valence-corrected chi connectivity index (χ4v) is 5.14. The van der Waals surface area contributed by atoms with Gasteiger partial charge in [-0.1, -0.05) is 44.1 Å². The first-order valence-corrected chi connectivity index (χ1v) is 11.6. The van der Waals surface area contributed by atoms with Crippen LogP contribution in [0, 0.1) is 29.4 Å². The Hall–Kier alpha value is -2.69. The van der Waals surface area contributed by atoms with Crippen LogP contribution < -0.4 is 9.47 Å². The van der Waals surface area contributed by atoms with Crippen LogP contribution in [-0.2, 0) is 4.79 Å². The second-order valence-electron chi connectivity index (χ2n) is 8.75. The number of benzene rings is 2. The standard InChI is InChI=1S/C27H30F2O3/c1-3-5-17-8-11-22-20(17)12-13-23(22)27(30)32-19-9-6-18(7-10-19)21-14-15-24(31-16-4-2)26(29)25(21)28/h6-10,14-15,20,22-23H,3-5,11-13,16H2,1-2H3. The molecule has 2 aliphatic carbocycles. The van der Waals surface area contributed by atoms with Gasteiger partial charge in [-0.3, -0.25) is 4.79 Å². The van der Waals surface area contributed by atoms with Crippen LogP contribution in [0.5, 0.6) is 11.5 Å². The van der Waals surface area contributed by atoms with Gasteiger partial charge in [-0.15, -0.1) is 0 Å². The molecule has 0 heterocycles. The Morgan fingerprint density at radius 2 is 1.78 bits per heavy atom. The third kappa shape index (κ3) is 4.43. The van der Waals surface area contributed by atoms with Crippen molar-refractivity contribution in [3.63, 3.8) is 0 Å². The van der Waals surface area contributed by atoms with Gasteiger partial charge < -0.3 is 9.47 Å². The smallest absolute Gasteiger partial charge is 0.314 e. The Kier molecular flexibility index (Phi) is 6.92. The third-order valence-electron chi connectivity index (χ3n) is 6.68. The summed E-state index contributed by atoms with van der Waals surface area (Å²) in [5.74, 6) is -0.987. The molecule has 0 N–H and O–H groups in total. The Balaban J connectivity index is 1.42. The molecule has 2 aromatic carbocycles. The summed E-state index contributed by atoms with van der Waals surface area (Å²) in [4.78, 5) is 12.8. The number of halogens is 2. The van der Waals surface area contributed by atoms with Crippen molar-refractivity contribution in [2.24, 2.45) is 17.8 Å². The minimum absolute atomic E-state index is 0.0764. The lowest BCUT2D eigenvalue weighted by molar-refractivity contribution is -0.140. The summed E-state index contributed by atoms with van der Waals surface area (Å²) >= 11 is 0. The number of hydrogen-bond acceptors (Lipinski definition) is 3. The first kappa shape index (κ1) is 22.5. The number of allylic oxidation sites excluding steroid dienone is 2. The van der Waals surface area contributed by atoms with Crippen LogP contribution in [0.1, 0.15) is 52.4 Å². The van der Waals surface area contributed by atoms with Crippen LogP contribution in [0.4, 0.5) is 8.78 Å². The predicted molar refractivity (Wildman–Crippen MR) is 121 cm³/mol. The zero-order valence-corrected chi connectivity index (χ0v) is 18.7. The summed E-state index contributed by atoms with van der Waals surface area (Å²) in [7, 11) is 0. The highest BCUT2D eigenvalue weighted by atomic mass is 19.2. The van der Waals surface area contributed by atoms with E-state index < -0.39 is 11.6 Å². The number of hydrogen-bond donors (Lipinski definition) is 0. The van der Waals surface area contributed by atoms with E-state index in [1.165, 1.54) is 17.7 Å². The Labute approximate surface area is 188 Å². The molecule has 0 saturated heterocycles. The van der Waals surface area contributed by atoms with E-state index in [1.54, 1.807) is 24.3 Å². The fraction of sp³-hybridized carbons (Fsp3) is 0.444. The Bertz CT molecular complexity index is 997. The average Bonchev–Trinajstić information content (AvgIpc) is 3.39. The molecule has 1 saturated carbocycles. The number of rotatable bonds is 8. The molecule has 0 radical (unpaired) electrons. The molecule has 32 heavy (non-hydrogen) atoms. The van der Waals surface area contributed by atoms with Gasteiger partial charge in [0.2, 0.25) is 5.82 Å². The summed E-state index contributed by atoms with van der Waals surface area (Å²) in [6.07, 6.45) is 8.16. The molecule has 1 fully saturated rings. The van der Waals surface area contributed by atoms with Gasteiger partial charge in [-0.05, 0) is 73.8 Å². The molecule has 0 aliphatic heterocycles. The maximum atomic E-state index is 14.6. The van der Waals surface area contributed by atoms with Crippen LogP contribution >= 0.6 is 0 Å². The minimum atomic E-state index is -0.991. The lowest BCUT2D eigenvalue weighted by Crippen LogP contribution is -2.25. The minimum Gasteiger partial charge on any atom is -0.490 e. The summed E-state index contributed by atoms with van der Waals surface area (Å²) in [5, 5.41) is 0. The van der Waals surface area contributed by atoms with Crippen LogP contribution in [0.25, 0.3) is 11.1 Å². The number of ether oxygens (including phenoxy) is 2. The van der Waals surface area contributed by atoms with Gasteiger partial charge in [0, 0.05) is 5.56 Å². The van der Waals surface area contributed by atoms with E-state index in [9.17, 15) is 13.6 Å². The normalized spacial score (nSPS) is 21.9. The molecular weight excluding hydrogens is 410 g/mol. The van der Waals surface area contributed by atoms with E-state index in [-0.39, 0.29) is 23.2 Å². The molecule has 5 heteroatoms. The molecule has 0 amide bonds. The zero-order chi connectivity index (χ0) is 22.7. The largest absolute Gasteiger partial charge is 0.490 e. The quantitative estimate of drug-likeness (QED) is 0.249. The van der Waals surface area contributed by atoms with E-state index in [0.29, 0.717) is 36.2 Å². The van der Waals surface area contributed by atoms with Crippen LogP contribution in [-0.4, -0.2) is 12.6 Å². The molecule has 2 aromatic rings. The lowest BCUT2D eigenvalue weighted by Gasteiger charge is -2.19. The summed E-state index contributed by atoms with van der Waals surface area (Å²) in [6.45, 7) is 4.41. The molecule has 0 bridgehead atoms. The summed E-state index contributed by atoms with van der Waals surface area (Å²) in [6, 6.07) is 9.49. The lowest BCUT2D eigenvalue weighted by atomic mass is 9.88. The Morgan fingerprint density at radius 1 is 1.00 bits per heavy atom. The van der Waals surface area contributed by atoms with Gasteiger partial charge in [0.15, 0.2) is 11.6 Å². The van der Waals surface area contributed by atoms with E-state index in [1.807, 2.05) is 6.92 Å². The SMILES string of the molecule is CCCOc1ccc(-c2ccc(OC(=O)C3CCC4C(CCC)=CCC34)cc2)c(F)c1F. The number of fused-ring (bicyclic) bond motifs is 1. The van der Waals surface area contributed by atoms with E-state index >= 15 is 0 Å². The van der Waals surface area contributed by atoms with Gasteiger partial charge in [0.1, 0.15) is 5.75 Å². The first-order chi connectivity index (χ1) is 15.5. The highest BCUT2D eigenvalue weighted by Crippen LogP contribution is 2.49. The van der Waals surface area contributed by atoms with E-state index in [2.05, 4.69) is 13.0 Å². The molecule has 3 nitrogen and oxygen atoms in total. The van der Waals surface area contributed by atoms with E-state index in [4.69, 9.17) is 9.47 Å². The molecular formula is C27H30F2O3. The van der Waals surface area contributed by atoms with Crippen molar-refractivity contribution in [2.75, 3.05) is 6.61 Å². The van der Waals surface area contributed by atoms with Crippen molar-refractivity contribution < 1.29 is 23.0 Å². The number of esters is 1. The summed E-state index contributed by atoms with van der Waals surface area (Å²) in [5.41, 5.74) is 2.16. The van der Waals surface area contributed by atoms with Crippen LogP contribution in [0.15, 0.2) is 48.0 Å². The van der Waals surface area contributed by atoms with Gasteiger partial charge in [0.25, 0.3) is 0 Å². The predicted octanol–water partition coefficient (Wildman–Crippen LogP) is 7.10. The van der Waals surface area contributed by atoms with Crippen molar-refractivity contribution in [2.45, 2.75) is 52.4 Å². The van der Waals surface area contributed by atoms with Crippen LogP contribution in [0.2, 0.25) is 0 Å². The van der Waals surface area contributed by atoms with Gasteiger partial charge in [-0.2, -0.15) is 4.39 Å². The van der Waals surface area contributed by atoms with Gasteiger partial charge >= 0.3 is 5.97 Å². The second-order valence-corrected chi connectivity index (χ2v) is 8.75. The molecule has 3 unspecified atom stereocenters. The van der Waals surface area contributed by atoms with Crippen LogP contribution in [0.3, 0.4) is 0 Å². The van der Waals surface area contributed by atoms with Crippen molar-refractivity contribution in [1.82, 2.24) is 0 Å². The van der Waals surface area contributed by atoms with Gasteiger partial charge in [-0.25, -0.2) is 4.39 Å². The second kappa shape index (κ2) is 9.85. The van der Waals surface area contributed by atoms with Crippen molar-refractivity contribution in [3.8, 4) is 22.6 Å². The van der Waals surface area contributed by atoms with Crippen molar-refractivity contribution >= 4 is 5.97 Å². The monoisotopic (exact) mass is 440 g/mol. The number of carbonyl (C=O) groups excluding carboxylic acids is 1. The average molecular weight is 441 g/mol. The zero-order valence-electron chi connectivity index (χ0n) is 18.7. The molecule has 2 aliphatic rings. The van der Waals surface area contributed by atoms with Gasteiger partial charge in [0.05, 0.1) is 12.5 Å². The highest BCUT2D eigenvalue weighted by Gasteiger charge is 2.44. The fourth-order valence-electron chi connectivity index (χ4n) is 5.14.